The quantitative estimate of drug-likeness (QED) is 0.688. The van der Waals surface area contributed by atoms with Crippen molar-refractivity contribution in [3.8, 4) is 0 Å². The molecule has 0 amide bonds. The van der Waals surface area contributed by atoms with E-state index >= 15 is 0 Å². The van der Waals surface area contributed by atoms with Crippen LogP contribution >= 0.6 is 0 Å². The molecular weight excluding hydrogens is 174 g/mol. The van der Waals surface area contributed by atoms with Crippen LogP contribution in [0.2, 0.25) is 0 Å². The topological polar surface area (TPSA) is 46.2 Å². The molecule has 0 radical (unpaired) electrons. The molecule has 1 heterocycles. The smallest absolute Gasteiger partial charge is 0.147 e. The van der Waals surface area contributed by atoms with Gasteiger partial charge >= 0.3 is 0 Å². The Morgan fingerprint density at radius 1 is 1.33 bits per heavy atom. The summed E-state index contributed by atoms with van der Waals surface area (Å²) in [7, 11) is -2.81. The maximum absolute atomic E-state index is 11.1. The molecule has 72 valence electrons. The minimum atomic E-state index is -2.81. The van der Waals surface area contributed by atoms with Crippen LogP contribution in [0.1, 0.15) is 19.8 Å². The molecule has 0 atom stereocenters. The molecule has 12 heavy (non-hydrogen) atoms. The van der Waals surface area contributed by atoms with Gasteiger partial charge in [-0.25, -0.2) is 8.42 Å². The Hall–Kier alpha value is -0.0900. The number of rotatable bonds is 2. The van der Waals surface area contributed by atoms with Crippen molar-refractivity contribution in [1.82, 2.24) is 5.32 Å². The van der Waals surface area contributed by atoms with Gasteiger partial charge in [-0.05, 0) is 31.3 Å². The molecule has 1 fully saturated rings. The van der Waals surface area contributed by atoms with E-state index < -0.39 is 9.84 Å². The minimum absolute atomic E-state index is 0.0127. The molecule has 0 aromatic carbocycles. The lowest BCUT2D eigenvalue weighted by atomic mass is 9.83. The molecule has 0 aliphatic carbocycles. The third-order valence-electron chi connectivity index (χ3n) is 2.42. The number of piperidine rings is 1. The zero-order valence-electron chi connectivity index (χ0n) is 7.76. The molecule has 0 spiro atoms. The number of hydrogen-bond donors (Lipinski definition) is 1. The highest BCUT2D eigenvalue weighted by Crippen LogP contribution is 2.29. The Labute approximate surface area is 74.5 Å². The Morgan fingerprint density at radius 3 is 2.25 bits per heavy atom. The van der Waals surface area contributed by atoms with Gasteiger partial charge in [-0.1, -0.05) is 6.92 Å². The van der Waals surface area contributed by atoms with Crippen molar-refractivity contribution >= 4 is 9.84 Å². The van der Waals surface area contributed by atoms with E-state index in [1.165, 1.54) is 6.26 Å². The van der Waals surface area contributed by atoms with Crippen molar-refractivity contribution in [3.05, 3.63) is 0 Å². The van der Waals surface area contributed by atoms with Crippen molar-refractivity contribution in [2.45, 2.75) is 19.8 Å². The number of nitrogens with one attached hydrogen (secondary N) is 1. The summed E-state index contributed by atoms with van der Waals surface area (Å²) in [5.74, 6) is 0.335. The van der Waals surface area contributed by atoms with E-state index in [-0.39, 0.29) is 5.41 Å². The fourth-order valence-electron chi connectivity index (χ4n) is 1.81. The van der Waals surface area contributed by atoms with Gasteiger partial charge < -0.3 is 5.32 Å². The Kier molecular flexibility index (Phi) is 2.78. The minimum Gasteiger partial charge on any atom is -0.317 e. The van der Waals surface area contributed by atoms with Crippen LogP contribution in [-0.2, 0) is 9.84 Å². The summed E-state index contributed by atoms with van der Waals surface area (Å²) in [6, 6.07) is 0. The number of hydrogen-bond acceptors (Lipinski definition) is 3. The zero-order chi connectivity index (χ0) is 9.24. The highest BCUT2D eigenvalue weighted by Gasteiger charge is 2.30. The largest absolute Gasteiger partial charge is 0.317 e. The van der Waals surface area contributed by atoms with E-state index in [4.69, 9.17) is 0 Å². The van der Waals surface area contributed by atoms with Gasteiger partial charge in [0, 0.05) is 6.26 Å². The molecule has 1 N–H and O–H groups in total. The summed E-state index contributed by atoms with van der Waals surface area (Å²) in [6.45, 7) is 3.97. The van der Waals surface area contributed by atoms with Gasteiger partial charge in [0.1, 0.15) is 9.84 Å². The van der Waals surface area contributed by atoms with Crippen LogP contribution in [0.5, 0.6) is 0 Å². The summed E-state index contributed by atoms with van der Waals surface area (Å²) in [4.78, 5) is 0. The molecule has 1 aliphatic rings. The SMILES string of the molecule is CC1(CS(C)(=O)=O)CCNCC1. The van der Waals surface area contributed by atoms with Gasteiger partial charge in [0.2, 0.25) is 0 Å². The lowest BCUT2D eigenvalue weighted by Crippen LogP contribution is -2.38. The molecule has 0 unspecified atom stereocenters. The predicted molar refractivity (Wildman–Crippen MR) is 49.9 cm³/mol. The van der Waals surface area contributed by atoms with Crippen LogP contribution < -0.4 is 5.32 Å². The van der Waals surface area contributed by atoms with Crippen LogP contribution in [0.4, 0.5) is 0 Å². The average Bonchev–Trinajstić information content (AvgIpc) is 1.83. The second-order valence-electron chi connectivity index (χ2n) is 4.13. The first-order valence-corrected chi connectivity index (χ1v) is 6.36. The summed E-state index contributed by atoms with van der Waals surface area (Å²) in [6.07, 6.45) is 3.26. The van der Waals surface area contributed by atoms with Crippen molar-refractivity contribution in [1.29, 1.82) is 0 Å². The lowest BCUT2D eigenvalue weighted by molar-refractivity contribution is 0.262. The van der Waals surface area contributed by atoms with Crippen LogP contribution in [0, 0.1) is 5.41 Å². The van der Waals surface area contributed by atoms with Crippen LogP contribution in [0.25, 0.3) is 0 Å². The first kappa shape index (κ1) is 9.99. The number of sulfone groups is 1. The van der Waals surface area contributed by atoms with E-state index in [0.29, 0.717) is 5.75 Å². The molecule has 1 rings (SSSR count). The third kappa shape index (κ3) is 3.11. The second-order valence-corrected chi connectivity index (χ2v) is 6.27. The molecule has 1 aliphatic heterocycles. The lowest BCUT2D eigenvalue weighted by Gasteiger charge is -2.33. The van der Waals surface area contributed by atoms with Crippen molar-refractivity contribution in [2.75, 3.05) is 25.1 Å². The first-order valence-electron chi connectivity index (χ1n) is 4.30. The average molecular weight is 191 g/mol. The predicted octanol–water partition coefficient (Wildman–Crippen LogP) is 0.421. The van der Waals surface area contributed by atoms with Crippen molar-refractivity contribution in [3.63, 3.8) is 0 Å². The van der Waals surface area contributed by atoms with E-state index in [1.807, 2.05) is 0 Å². The van der Waals surface area contributed by atoms with Gasteiger partial charge in [0.05, 0.1) is 5.75 Å². The highest BCUT2D eigenvalue weighted by molar-refractivity contribution is 7.90. The Balaban J connectivity index is 2.59. The molecule has 0 aromatic heterocycles. The summed E-state index contributed by atoms with van der Waals surface area (Å²) in [5.41, 5.74) is 0.0127. The molecule has 1 saturated heterocycles. The van der Waals surface area contributed by atoms with E-state index in [0.717, 1.165) is 25.9 Å². The van der Waals surface area contributed by atoms with Gasteiger partial charge in [-0.3, -0.25) is 0 Å². The monoisotopic (exact) mass is 191 g/mol. The van der Waals surface area contributed by atoms with Crippen LogP contribution in [-0.4, -0.2) is 33.5 Å². The van der Waals surface area contributed by atoms with Gasteiger partial charge in [-0.15, -0.1) is 0 Å². The normalized spacial score (nSPS) is 23.8. The van der Waals surface area contributed by atoms with E-state index in [2.05, 4.69) is 12.2 Å². The third-order valence-corrected chi connectivity index (χ3v) is 3.64. The Bertz CT molecular complexity index is 240. The van der Waals surface area contributed by atoms with Crippen molar-refractivity contribution in [2.24, 2.45) is 5.41 Å². The second kappa shape index (κ2) is 3.34. The molecule has 4 heteroatoms. The summed E-state index contributed by atoms with van der Waals surface area (Å²) < 4.78 is 22.2. The Morgan fingerprint density at radius 2 is 1.83 bits per heavy atom. The molecule has 0 bridgehead atoms. The maximum Gasteiger partial charge on any atom is 0.147 e. The van der Waals surface area contributed by atoms with E-state index in [9.17, 15) is 8.42 Å². The van der Waals surface area contributed by atoms with Gasteiger partial charge in [0.25, 0.3) is 0 Å². The molecule has 0 aromatic rings. The standard InChI is InChI=1S/C8H17NO2S/c1-8(7-12(2,10)11)3-5-9-6-4-8/h9H,3-7H2,1-2H3. The van der Waals surface area contributed by atoms with Crippen molar-refractivity contribution < 1.29 is 8.42 Å². The first-order chi connectivity index (χ1) is 5.41. The maximum atomic E-state index is 11.1. The zero-order valence-corrected chi connectivity index (χ0v) is 8.58. The van der Waals surface area contributed by atoms with Crippen LogP contribution in [0.3, 0.4) is 0 Å². The fourth-order valence-corrected chi connectivity index (χ4v) is 3.36. The molecule has 0 saturated carbocycles. The summed E-state index contributed by atoms with van der Waals surface area (Å²) >= 11 is 0. The molecule has 3 nitrogen and oxygen atoms in total. The van der Waals surface area contributed by atoms with Gasteiger partial charge in [-0.2, -0.15) is 0 Å². The van der Waals surface area contributed by atoms with E-state index in [1.54, 1.807) is 0 Å². The van der Waals surface area contributed by atoms with Gasteiger partial charge in [0.15, 0.2) is 0 Å². The summed E-state index contributed by atoms with van der Waals surface area (Å²) in [5, 5.41) is 3.23. The highest BCUT2D eigenvalue weighted by atomic mass is 32.2. The van der Waals surface area contributed by atoms with Crippen LogP contribution in [0.15, 0.2) is 0 Å². The molecular formula is C8H17NO2S. The fraction of sp³-hybridized carbons (Fsp3) is 1.00.